The smallest absolute Gasteiger partial charge is 0.250 e. The van der Waals surface area contributed by atoms with Crippen LogP contribution in [-0.2, 0) is 9.53 Å². The van der Waals surface area contributed by atoms with Crippen molar-refractivity contribution in [2.75, 3.05) is 24.4 Å². The number of ether oxygens (including phenoxy) is 1. The standard InChI is InChI=1S/C16H26N2O2/c1-4-5-6-7-13(2)17-14-8-10-15(11-9-14)18-16(19)12-20-3/h8-11,13,17H,4-7,12H2,1-3H3,(H,18,19). The topological polar surface area (TPSA) is 50.4 Å². The Bertz CT molecular complexity index is 390. The van der Waals surface area contributed by atoms with E-state index in [0.717, 1.165) is 11.4 Å². The van der Waals surface area contributed by atoms with E-state index in [4.69, 9.17) is 4.74 Å². The molecule has 4 nitrogen and oxygen atoms in total. The van der Waals surface area contributed by atoms with Crippen LogP contribution in [0.5, 0.6) is 0 Å². The molecular weight excluding hydrogens is 252 g/mol. The van der Waals surface area contributed by atoms with Crippen molar-refractivity contribution >= 4 is 17.3 Å². The number of carbonyl (C=O) groups excluding carboxylic acids is 1. The fraction of sp³-hybridized carbons (Fsp3) is 0.562. The van der Waals surface area contributed by atoms with Gasteiger partial charge in [0.15, 0.2) is 0 Å². The zero-order valence-electron chi connectivity index (χ0n) is 12.7. The molecule has 0 bridgehead atoms. The van der Waals surface area contributed by atoms with E-state index in [2.05, 4.69) is 24.5 Å². The molecule has 1 aromatic carbocycles. The molecule has 2 N–H and O–H groups in total. The molecule has 1 atom stereocenters. The van der Waals surface area contributed by atoms with Gasteiger partial charge in [0.25, 0.3) is 0 Å². The molecule has 0 radical (unpaired) electrons. The molecule has 0 saturated carbocycles. The van der Waals surface area contributed by atoms with E-state index >= 15 is 0 Å². The fourth-order valence-corrected chi connectivity index (χ4v) is 2.04. The van der Waals surface area contributed by atoms with Gasteiger partial charge in [-0.25, -0.2) is 0 Å². The molecule has 0 saturated heterocycles. The Labute approximate surface area is 121 Å². The molecular formula is C16H26N2O2. The Kier molecular flexibility index (Phi) is 7.73. The Morgan fingerprint density at radius 1 is 1.20 bits per heavy atom. The number of nitrogens with one attached hydrogen (secondary N) is 2. The lowest BCUT2D eigenvalue weighted by Gasteiger charge is -2.15. The van der Waals surface area contributed by atoms with Crippen molar-refractivity contribution in [1.82, 2.24) is 0 Å². The van der Waals surface area contributed by atoms with E-state index in [9.17, 15) is 4.79 Å². The average molecular weight is 278 g/mol. The number of methoxy groups -OCH3 is 1. The second kappa shape index (κ2) is 9.37. The third kappa shape index (κ3) is 6.57. The van der Waals surface area contributed by atoms with Gasteiger partial charge in [0.05, 0.1) is 0 Å². The maximum absolute atomic E-state index is 11.4. The van der Waals surface area contributed by atoms with Crippen molar-refractivity contribution in [1.29, 1.82) is 0 Å². The van der Waals surface area contributed by atoms with Crippen molar-refractivity contribution in [3.8, 4) is 0 Å². The highest BCUT2D eigenvalue weighted by atomic mass is 16.5. The van der Waals surface area contributed by atoms with Crippen LogP contribution in [0.2, 0.25) is 0 Å². The number of anilines is 2. The summed E-state index contributed by atoms with van der Waals surface area (Å²) in [7, 11) is 1.51. The molecule has 0 aliphatic rings. The number of amides is 1. The minimum atomic E-state index is -0.138. The van der Waals surface area contributed by atoms with Crippen LogP contribution in [0.4, 0.5) is 11.4 Å². The number of benzene rings is 1. The van der Waals surface area contributed by atoms with Gasteiger partial charge in [0.1, 0.15) is 6.61 Å². The van der Waals surface area contributed by atoms with Crippen LogP contribution in [0.25, 0.3) is 0 Å². The highest BCUT2D eigenvalue weighted by Crippen LogP contribution is 2.16. The van der Waals surface area contributed by atoms with Gasteiger partial charge in [-0.2, -0.15) is 0 Å². The largest absolute Gasteiger partial charge is 0.383 e. The van der Waals surface area contributed by atoms with Crippen LogP contribution in [0, 0.1) is 0 Å². The zero-order chi connectivity index (χ0) is 14.8. The Morgan fingerprint density at radius 2 is 1.85 bits per heavy atom. The van der Waals surface area contributed by atoms with Crippen LogP contribution in [-0.4, -0.2) is 25.7 Å². The normalized spacial score (nSPS) is 11.9. The van der Waals surface area contributed by atoms with E-state index in [-0.39, 0.29) is 12.5 Å². The molecule has 0 heterocycles. The summed E-state index contributed by atoms with van der Waals surface area (Å²) in [5.41, 5.74) is 1.87. The lowest BCUT2D eigenvalue weighted by molar-refractivity contribution is -0.119. The third-order valence-electron chi connectivity index (χ3n) is 3.10. The van der Waals surface area contributed by atoms with Crippen molar-refractivity contribution < 1.29 is 9.53 Å². The number of carbonyl (C=O) groups is 1. The van der Waals surface area contributed by atoms with Crippen molar-refractivity contribution in [3.63, 3.8) is 0 Å². The lowest BCUT2D eigenvalue weighted by Crippen LogP contribution is -2.17. The summed E-state index contributed by atoms with van der Waals surface area (Å²) in [4.78, 5) is 11.4. The van der Waals surface area contributed by atoms with Crippen LogP contribution >= 0.6 is 0 Å². The Morgan fingerprint density at radius 3 is 2.45 bits per heavy atom. The Hall–Kier alpha value is -1.55. The number of rotatable bonds is 9. The summed E-state index contributed by atoms with van der Waals surface area (Å²) in [6, 6.07) is 8.23. The van der Waals surface area contributed by atoms with Gasteiger partial charge < -0.3 is 15.4 Å². The van der Waals surface area contributed by atoms with Gasteiger partial charge in [0.2, 0.25) is 5.91 Å². The third-order valence-corrected chi connectivity index (χ3v) is 3.10. The number of hydrogen-bond acceptors (Lipinski definition) is 3. The van der Waals surface area contributed by atoms with E-state index < -0.39 is 0 Å². The van der Waals surface area contributed by atoms with Gasteiger partial charge in [-0.05, 0) is 37.6 Å². The molecule has 112 valence electrons. The first-order valence-corrected chi connectivity index (χ1v) is 7.31. The molecule has 0 spiro atoms. The molecule has 0 aliphatic carbocycles. The SMILES string of the molecule is CCCCCC(C)Nc1ccc(NC(=O)COC)cc1. The van der Waals surface area contributed by atoms with Crippen molar-refractivity contribution in [3.05, 3.63) is 24.3 Å². The summed E-state index contributed by atoms with van der Waals surface area (Å²) < 4.78 is 4.77. The predicted octanol–water partition coefficient (Wildman–Crippen LogP) is 3.65. The molecule has 0 fully saturated rings. The van der Waals surface area contributed by atoms with Gasteiger partial charge in [-0.15, -0.1) is 0 Å². The minimum Gasteiger partial charge on any atom is -0.383 e. The molecule has 20 heavy (non-hydrogen) atoms. The molecule has 0 aliphatic heterocycles. The quantitative estimate of drug-likeness (QED) is 0.678. The minimum absolute atomic E-state index is 0.0778. The van der Waals surface area contributed by atoms with E-state index in [0.29, 0.717) is 6.04 Å². The predicted molar refractivity (Wildman–Crippen MR) is 84.2 cm³/mol. The summed E-state index contributed by atoms with van der Waals surface area (Å²) in [6.45, 7) is 4.49. The van der Waals surface area contributed by atoms with E-state index in [1.165, 1.54) is 32.8 Å². The first kappa shape index (κ1) is 16.5. The van der Waals surface area contributed by atoms with E-state index in [1.54, 1.807) is 0 Å². The summed E-state index contributed by atoms with van der Waals surface area (Å²) >= 11 is 0. The van der Waals surface area contributed by atoms with Gasteiger partial charge >= 0.3 is 0 Å². The maximum atomic E-state index is 11.4. The highest BCUT2D eigenvalue weighted by molar-refractivity contribution is 5.91. The van der Waals surface area contributed by atoms with Gasteiger partial charge in [-0.3, -0.25) is 4.79 Å². The van der Waals surface area contributed by atoms with Gasteiger partial charge in [-0.1, -0.05) is 26.2 Å². The second-order valence-corrected chi connectivity index (χ2v) is 5.10. The van der Waals surface area contributed by atoms with Crippen LogP contribution < -0.4 is 10.6 Å². The second-order valence-electron chi connectivity index (χ2n) is 5.10. The lowest BCUT2D eigenvalue weighted by atomic mass is 10.1. The Balaban J connectivity index is 2.39. The fourth-order valence-electron chi connectivity index (χ4n) is 2.04. The first-order chi connectivity index (χ1) is 9.65. The molecule has 1 rings (SSSR count). The first-order valence-electron chi connectivity index (χ1n) is 7.31. The van der Waals surface area contributed by atoms with Crippen LogP contribution in [0.3, 0.4) is 0 Å². The molecule has 1 aromatic rings. The summed E-state index contributed by atoms with van der Waals surface area (Å²) in [5, 5.41) is 6.24. The monoisotopic (exact) mass is 278 g/mol. The van der Waals surface area contributed by atoms with Gasteiger partial charge in [0, 0.05) is 24.5 Å². The van der Waals surface area contributed by atoms with E-state index in [1.807, 2.05) is 24.3 Å². The van der Waals surface area contributed by atoms with Crippen molar-refractivity contribution in [2.45, 2.75) is 45.6 Å². The average Bonchev–Trinajstić information content (AvgIpc) is 2.41. The maximum Gasteiger partial charge on any atom is 0.250 e. The van der Waals surface area contributed by atoms with Crippen LogP contribution in [0.1, 0.15) is 39.5 Å². The number of hydrogen-bond donors (Lipinski definition) is 2. The highest BCUT2D eigenvalue weighted by Gasteiger charge is 2.03. The molecule has 1 amide bonds. The summed E-state index contributed by atoms with van der Waals surface area (Å²) in [6.07, 6.45) is 4.98. The molecule has 4 heteroatoms. The molecule has 0 aromatic heterocycles. The van der Waals surface area contributed by atoms with Crippen LogP contribution in [0.15, 0.2) is 24.3 Å². The number of unbranched alkanes of at least 4 members (excludes halogenated alkanes) is 2. The summed E-state index contributed by atoms with van der Waals surface area (Å²) in [5.74, 6) is -0.138. The molecule has 1 unspecified atom stereocenters. The van der Waals surface area contributed by atoms with Crippen molar-refractivity contribution in [2.24, 2.45) is 0 Å². The zero-order valence-corrected chi connectivity index (χ0v) is 12.7.